The Bertz CT molecular complexity index is 991. The van der Waals surface area contributed by atoms with Gasteiger partial charge in [-0.15, -0.1) is 0 Å². The van der Waals surface area contributed by atoms with Gasteiger partial charge in [-0.25, -0.2) is 0 Å². The molecule has 0 bridgehead atoms. The molecule has 148 valence electrons. The molecule has 29 heavy (non-hydrogen) atoms. The van der Waals surface area contributed by atoms with Crippen LogP contribution in [0.15, 0.2) is 65.4 Å². The van der Waals surface area contributed by atoms with Crippen molar-refractivity contribution in [2.24, 2.45) is 0 Å². The zero-order chi connectivity index (χ0) is 20.2. The number of amides is 2. The first-order valence-electron chi connectivity index (χ1n) is 9.38. The second-order valence-corrected chi connectivity index (χ2v) is 6.73. The Balaban J connectivity index is 1.39. The number of methoxy groups -OCH3 is 1. The fourth-order valence-corrected chi connectivity index (χ4v) is 3.32. The fourth-order valence-electron chi connectivity index (χ4n) is 3.32. The van der Waals surface area contributed by atoms with Crippen LogP contribution in [-0.4, -0.2) is 59.9 Å². The molecule has 0 saturated carbocycles. The first-order chi connectivity index (χ1) is 14.2. The summed E-state index contributed by atoms with van der Waals surface area (Å²) in [5.41, 5.74) is 2.23. The van der Waals surface area contributed by atoms with Crippen molar-refractivity contribution < 1.29 is 18.7 Å². The quantitative estimate of drug-likeness (QED) is 0.684. The largest absolute Gasteiger partial charge is 0.497 e. The van der Waals surface area contributed by atoms with Crippen LogP contribution in [0.25, 0.3) is 11.3 Å². The average Bonchev–Trinajstić information content (AvgIpc) is 3.33. The molecule has 3 heterocycles. The van der Waals surface area contributed by atoms with Crippen molar-refractivity contribution >= 4 is 11.8 Å². The summed E-state index contributed by atoms with van der Waals surface area (Å²) in [4.78, 5) is 33.0. The summed E-state index contributed by atoms with van der Waals surface area (Å²) >= 11 is 0. The third-order valence-electron chi connectivity index (χ3n) is 4.96. The van der Waals surface area contributed by atoms with Gasteiger partial charge in [0.05, 0.1) is 24.6 Å². The molecular formula is C22H21N3O4. The molecule has 1 fully saturated rings. The predicted octanol–water partition coefficient (Wildman–Crippen LogP) is 2.95. The zero-order valence-electron chi connectivity index (χ0n) is 16.1. The number of rotatable bonds is 4. The molecule has 0 N–H and O–H groups in total. The lowest BCUT2D eigenvalue weighted by Gasteiger charge is -2.34. The van der Waals surface area contributed by atoms with E-state index in [0.29, 0.717) is 37.5 Å². The van der Waals surface area contributed by atoms with Crippen LogP contribution in [0.1, 0.15) is 20.9 Å². The van der Waals surface area contributed by atoms with Crippen molar-refractivity contribution in [2.45, 2.75) is 0 Å². The summed E-state index contributed by atoms with van der Waals surface area (Å²) in [6.45, 7) is 1.90. The number of carbonyl (C=O) groups is 2. The van der Waals surface area contributed by atoms with E-state index in [1.165, 1.54) is 6.26 Å². The van der Waals surface area contributed by atoms with Crippen molar-refractivity contribution in [1.82, 2.24) is 14.8 Å². The lowest BCUT2D eigenvalue weighted by molar-refractivity contribution is 0.0518. The van der Waals surface area contributed by atoms with Crippen LogP contribution in [0.2, 0.25) is 0 Å². The van der Waals surface area contributed by atoms with Gasteiger partial charge in [-0.05, 0) is 36.4 Å². The summed E-state index contributed by atoms with van der Waals surface area (Å²) in [6.07, 6.45) is 3.08. The van der Waals surface area contributed by atoms with Gasteiger partial charge in [0.1, 0.15) is 5.75 Å². The van der Waals surface area contributed by atoms with E-state index in [2.05, 4.69) is 4.98 Å². The molecule has 1 aromatic carbocycles. The van der Waals surface area contributed by atoms with Gasteiger partial charge < -0.3 is 19.0 Å². The molecule has 2 amide bonds. The van der Waals surface area contributed by atoms with Gasteiger partial charge in [0.25, 0.3) is 11.8 Å². The van der Waals surface area contributed by atoms with Gasteiger partial charge in [-0.3, -0.25) is 14.6 Å². The number of aromatic nitrogens is 1. The van der Waals surface area contributed by atoms with Crippen LogP contribution in [0.4, 0.5) is 0 Å². The van der Waals surface area contributed by atoms with Crippen molar-refractivity contribution in [2.75, 3.05) is 33.3 Å². The molecule has 1 aliphatic rings. The number of piperazine rings is 1. The fraction of sp³-hybridized carbons (Fsp3) is 0.227. The Hall–Kier alpha value is -3.61. The van der Waals surface area contributed by atoms with E-state index >= 15 is 0 Å². The lowest BCUT2D eigenvalue weighted by atomic mass is 10.1. The number of nitrogens with zero attached hydrogens (tertiary/aromatic N) is 3. The summed E-state index contributed by atoms with van der Waals surface area (Å²) < 4.78 is 10.4. The second-order valence-electron chi connectivity index (χ2n) is 6.73. The summed E-state index contributed by atoms with van der Waals surface area (Å²) in [5.74, 6) is 0.847. The number of benzene rings is 1. The monoisotopic (exact) mass is 391 g/mol. The molecule has 7 nitrogen and oxygen atoms in total. The molecular weight excluding hydrogens is 370 g/mol. The molecule has 3 aromatic rings. The van der Waals surface area contributed by atoms with Crippen molar-refractivity contribution in [3.63, 3.8) is 0 Å². The van der Waals surface area contributed by atoms with Gasteiger partial charge >= 0.3 is 0 Å². The Labute approximate surface area is 168 Å². The Morgan fingerprint density at radius 3 is 2.34 bits per heavy atom. The van der Waals surface area contributed by atoms with Crippen LogP contribution < -0.4 is 4.74 Å². The Morgan fingerprint density at radius 1 is 0.966 bits per heavy atom. The van der Waals surface area contributed by atoms with Gasteiger partial charge in [-0.2, -0.15) is 0 Å². The van der Waals surface area contributed by atoms with E-state index in [4.69, 9.17) is 9.15 Å². The first kappa shape index (κ1) is 18.7. The molecule has 0 aliphatic carbocycles. The van der Waals surface area contributed by atoms with Crippen molar-refractivity contribution in [3.05, 3.63) is 72.3 Å². The van der Waals surface area contributed by atoms with Gasteiger partial charge in [-0.1, -0.05) is 12.1 Å². The van der Waals surface area contributed by atoms with E-state index in [1.807, 2.05) is 30.3 Å². The van der Waals surface area contributed by atoms with E-state index in [9.17, 15) is 9.59 Å². The van der Waals surface area contributed by atoms with Crippen molar-refractivity contribution in [3.8, 4) is 17.0 Å². The molecule has 0 unspecified atom stereocenters. The zero-order valence-corrected chi connectivity index (χ0v) is 16.1. The minimum Gasteiger partial charge on any atom is -0.497 e. The van der Waals surface area contributed by atoms with Crippen LogP contribution in [0, 0.1) is 0 Å². The molecule has 1 aliphatic heterocycles. The van der Waals surface area contributed by atoms with Crippen LogP contribution in [0.5, 0.6) is 5.75 Å². The normalized spacial score (nSPS) is 14.0. The molecule has 0 radical (unpaired) electrons. The maximum absolute atomic E-state index is 12.8. The second kappa shape index (κ2) is 8.18. The maximum atomic E-state index is 12.8. The molecule has 1 saturated heterocycles. The highest BCUT2D eigenvalue weighted by molar-refractivity contribution is 5.95. The number of pyridine rings is 1. The third-order valence-corrected chi connectivity index (χ3v) is 4.96. The SMILES string of the molecule is COc1cccc(-c2ccc(C(=O)N3CCN(C(=O)c4ccco4)CC3)cn2)c1. The summed E-state index contributed by atoms with van der Waals surface area (Å²) in [7, 11) is 1.62. The van der Waals surface area contributed by atoms with Crippen LogP contribution in [0.3, 0.4) is 0 Å². The van der Waals surface area contributed by atoms with E-state index in [1.54, 1.807) is 41.3 Å². The standard InChI is InChI=1S/C22H21N3O4/c1-28-18-5-2-4-16(14-18)19-8-7-17(15-23-19)21(26)24-9-11-25(12-10-24)22(27)20-6-3-13-29-20/h2-8,13-15H,9-12H2,1H3. The highest BCUT2D eigenvalue weighted by Crippen LogP contribution is 2.22. The Morgan fingerprint density at radius 2 is 1.72 bits per heavy atom. The first-order valence-corrected chi connectivity index (χ1v) is 9.38. The van der Waals surface area contributed by atoms with E-state index in [0.717, 1.165) is 17.0 Å². The maximum Gasteiger partial charge on any atom is 0.289 e. The van der Waals surface area contributed by atoms with Crippen LogP contribution >= 0.6 is 0 Å². The highest BCUT2D eigenvalue weighted by atomic mass is 16.5. The predicted molar refractivity (Wildman–Crippen MR) is 107 cm³/mol. The van der Waals surface area contributed by atoms with E-state index in [-0.39, 0.29) is 11.8 Å². The number of carbonyl (C=O) groups excluding carboxylic acids is 2. The topological polar surface area (TPSA) is 75.9 Å². The Kier molecular flexibility index (Phi) is 5.29. The number of ether oxygens (including phenoxy) is 1. The molecule has 7 heteroatoms. The summed E-state index contributed by atoms with van der Waals surface area (Å²) in [6, 6.07) is 14.6. The third kappa shape index (κ3) is 3.99. The van der Waals surface area contributed by atoms with E-state index < -0.39 is 0 Å². The molecule has 0 atom stereocenters. The number of furan rings is 1. The minimum absolute atomic E-state index is 0.0835. The number of hydrogen-bond donors (Lipinski definition) is 0. The van der Waals surface area contributed by atoms with Gasteiger partial charge in [0, 0.05) is 37.9 Å². The van der Waals surface area contributed by atoms with Gasteiger partial charge in [0.2, 0.25) is 0 Å². The molecule has 2 aromatic heterocycles. The number of hydrogen-bond acceptors (Lipinski definition) is 5. The molecule has 4 rings (SSSR count). The van der Waals surface area contributed by atoms with Gasteiger partial charge in [0.15, 0.2) is 5.76 Å². The average molecular weight is 391 g/mol. The lowest BCUT2D eigenvalue weighted by Crippen LogP contribution is -2.50. The minimum atomic E-state index is -0.147. The smallest absolute Gasteiger partial charge is 0.289 e. The summed E-state index contributed by atoms with van der Waals surface area (Å²) in [5, 5.41) is 0. The molecule has 0 spiro atoms. The van der Waals surface area contributed by atoms with Crippen molar-refractivity contribution in [1.29, 1.82) is 0 Å². The highest BCUT2D eigenvalue weighted by Gasteiger charge is 2.26. The van der Waals surface area contributed by atoms with Crippen LogP contribution in [-0.2, 0) is 0 Å².